The monoisotopic (exact) mass is 490 g/mol. The zero-order chi connectivity index (χ0) is 25.5. The van der Waals surface area contributed by atoms with Gasteiger partial charge in [0.1, 0.15) is 24.1 Å². The van der Waals surface area contributed by atoms with Gasteiger partial charge in [-0.25, -0.2) is 4.79 Å². The number of esters is 1. The predicted octanol–water partition coefficient (Wildman–Crippen LogP) is 3.97. The summed E-state index contributed by atoms with van der Waals surface area (Å²) in [5.41, 5.74) is -0.526. The summed E-state index contributed by atoms with van der Waals surface area (Å²) in [5, 5.41) is 0. The van der Waals surface area contributed by atoms with Gasteiger partial charge in [0.05, 0.1) is 33.5 Å². The van der Waals surface area contributed by atoms with Crippen LogP contribution in [-0.2, 0) is 39.8 Å². The first-order valence-electron chi connectivity index (χ1n) is 12.0. The molecule has 2 aliphatic rings. The Morgan fingerprint density at radius 1 is 1.29 bits per heavy atom. The van der Waals surface area contributed by atoms with Crippen LogP contribution < -0.4 is 4.74 Å². The summed E-state index contributed by atoms with van der Waals surface area (Å²) in [6, 6.07) is 7.54. The van der Waals surface area contributed by atoms with Crippen molar-refractivity contribution in [3.8, 4) is 5.75 Å². The molecule has 0 N–H and O–H groups in total. The molecule has 0 aromatic heterocycles. The predicted molar refractivity (Wildman–Crippen MR) is 130 cm³/mol. The number of ether oxygens (including phenoxy) is 7. The number of rotatable bonds is 11. The van der Waals surface area contributed by atoms with Gasteiger partial charge in [-0.15, -0.1) is 6.58 Å². The lowest BCUT2D eigenvalue weighted by Crippen LogP contribution is -2.54. The van der Waals surface area contributed by atoms with E-state index in [4.69, 9.17) is 33.2 Å². The third kappa shape index (κ3) is 7.15. The molecule has 2 fully saturated rings. The van der Waals surface area contributed by atoms with Gasteiger partial charge in [0.25, 0.3) is 0 Å². The molecule has 194 valence electrons. The van der Waals surface area contributed by atoms with E-state index in [1.165, 1.54) is 7.11 Å². The fourth-order valence-electron chi connectivity index (χ4n) is 4.21. The second-order valence-electron chi connectivity index (χ2n) is 9.30. The number of methoxy groups -OCH3 is 2. The summed E-state index contributed by atoms with van der Waals surface area (Å²) < 4.78 is 40.5. The molecule has 0 saturated carbocycles. The zero-order valence-electron chi connectivity index (χ0n) is 21.4. The van der Waals surface area contributed by atoms with Crippen LogP contribution in [0.15, 0.2) is 49.1 Å². The van der Waals surface area contributed by atoms with Gasteiger partial charge in [0.2, 0.25) is 0 Å². The Kier molecular flexibility index (Phi) is 9.49. The highest BCUT2D eigenvalue weighted by Crippen LogP contribution is 2.31. The van der Waals surface area contributed by atoms with Crippen LogP contribution >= 0.6 is 0 Å². The Labute approximate surface area is 208 Å². The first-order valence-corrected chi connectivity index (χ1v) is 12.0. The van der Waals surface area contributed by atoms with Gasteiger partial charge in [-0.1, -0.05) is 30.4 Å². The van der Waals surface area contributed by atoms with Gasteiger partial charge < -0.3 is 33.2 Å². The Morgan fingerprint density at radius 2 is 2.03 bits per heavy atom. The average molecular weight is 491 g/mol. The lowest BCUT2D eigenvalue weighted by Gasteiger charge is -2.39. The number of carbonyl (C=O) groups excluding carboxylic acids is 1. The fraction of sp³-hybridized carbons (Fsp3) is 0.593. The first-order chi connectivity index (χ1) is 16.7. The third-order valence-electron chi connectivity index (χ3n) is 6.19. The molecular formula is C27H38O8. The van der Waals surface area contributed by atoms with Crippen molar-refractivity contribution in [2.75, 3.05) is 27.4 Å². The SMILES string of the molecule is C=C[C@H]1OCCC[C@@H]1O[C@@](C)(C(=O)OC)[C@@H](/C=C/[C@H]1COC(C)(C)O1)OCc1ccc(OC)cc1. The van der Waals surface area contributed by atoms with Crippen molar-refractivity contribution in [1.82, 2.24) is 0 Å². The molecule has 5 atom stereocenters. The van der Waals surface area contributed by atoms with E-state index in [0.29, 0.717) is 13.2 Å². The minimum absolute atomic E-state index is 0.245. The molecule has 8 heteroatoms. The van der Waals surface area contributed by atoms with E-state index < -0.39 is 23.5 Å². The second-order valence-corrected chi connectivity index (χ2v) is 9.30. The molecular weight excluding hydrogens is 452 g/mol. The molecule has 2 saturated heterocycles. The molecule has 0 amide bonds. The number of hydrogen-bond donors (Lipinski definition) is 0. The molecule has 2 heterocycles. The molecule has 0 spiro atoms. The molecule has 3 rings (SSSR count). The molecule has 1 aromatic carbocycles. The minimum atomic E-state index is -1.45. The van der Waals surface area contributed by atoms with Crippen molar-refractivity contribution >= 4 is 5.97 Å². The summed E-state index contributed by atoms with van der Waals surface area (Å²) >= 11 is 0. The van der Waals surface area contributed by atoms with Crippen LogP contribution in [0.25, 0.3) is 0 Å². The molecule has 1 aromatic rings. The van der Waals surface area contributed by atoms with Crippen LogP contribution in [0.4, 0.5) is 0 Å². The topological polar surface area (TPSA) is 81.7 Å². The van der Waals surface area contributed by atoms with Gasteiger partial charge in [-0.05, 0) is 51.3 Å². The first kappa shape index (κ1) is 27.4. The molecule has 2 aliphatic heterocycles. The number of carbonyl (C=O) groups is 1. The van der Waals surface area contributed by atoms with Crippen molar-refractivity contribution in [1.29, 1.82) is 0 Å². The van der Waals surface area contributed by atoms with Crippen molar-refractivity contribution < 1.29 is 38.0 Å². The Morgan fingerprint density at radius 3 is 2.63 bits per heavy atom. The maximum atomic E-state index is 13.1. The van der Waals surface area contributed by atoms with Crippen molar-refractivity contribution in [3.63, 3.8) is 0 Å². The highest BCUT2D eigenvalue weighted by Gasteiger charge is 2.47. The molecule has 8 nitrogen and oxygen atoms in total. The quantitative estimate of drug-likeness (QED) is 0.341. The van der Waals surface area contributed by atoms with E-state index in [0.717, 1.165) is 24.2 Å². The molecule has 0 unspecified atom stereocenters. The van der Waals surface area contributed by atoms with E-state index >= 15 is 0 Å². The summed E-state index contributed by atoms with van der Waals surface area (Å²) in [6.07, 6.45) is 5.14. The van der Waals surface area contributed by atoms with Crippen LogP contribution in [0.5, 0.6) is 5.75 Å². The molecule has 0 aliphatic carbocycles. The third-order valence-corrected chi connectivity index (χ3v) is 6.19. The van der Waals surface area contributed by atoms with E-state index in [2.05, 4.69) is 6.58 Å². The van der Waals surface area contributed by atoms with Crippen molar-refractivity contribution in [2.45, 2.75) is 76.0 Å². The summed E-state index contributed by atoms with van der Waals surface area (Å²) in [7, 11) is 2.96. The fourth-order valence-corrected chi connectivity index (χ4v) is 4.21. The molecule has 35 heavy (non-hydrogen) atoms. The van der Waals surface area contributed by atoms with Crippen LogP contribution in [0.1, 0.15) is 39.2 Å². The number of hydrogen-bond acceptors (Lipinski definition) is 8. The average Bonchev–Trinajstić information content (AvgIpc) is 3.22. The maximum absolute atomic E-state index is 13.1. The van der Waals surface area contributed by atoms with E-state index in [9.17, 15) is 4.79 Å². The van der Waals surface area contributed by atoms with Crippen LogP contribution in [0.2, 0.25) is 0 Å². The normalized spacial score (nSPS) is 26.7. The summed E-state index contributed by atoms with van der Waals surface area (Å²) in [4.78, 5) is 13.1. The highest BCUT2D eigenvalue weighted by atomic mass is 16.7. The van der Waals surface area contributed by atoms with Gasteiger partial charge >= 0.3 is 5.97 Å². The minimum Gasteiger partial charge on any atom is -0.497 e. The Hall–Kier alpha value is -2.23. The van der Waals surface area contributed by atoms with Gasteiger partial charge in [0, 0.05) is 6.61 Å². The van der Waals surface area contributed by atoms with Crippen LogP contribution in [-0.4, -0.2) is 69.2 Å². The van der Waals surface area contributed by atoms with Crippen molar-refractivity contribution in [3.05, 3.63) is 54.6 Å². The van der Waals surface area contributed by atoms with E-state index in [1.54, 1.807) is 26.2 Å². The second kappa shape index (κ2) is 12.1. The van der Waals surface area contributed by atoms with Gasteiger partial charge in [-0.2, -0.15) is 0 Å². The van der Waals surface area contributed by atoms with Crippen molar-refractivity contribution in [2.24, 2.45) is 0 Å². The summed E-state index contributed by atoms with van der Waals surface area (Å²) in [5.74, 6) is -0.464. The van der Waals surface area contributed by atoms with E-state index in [1.807, 2.05) is 44.2 Å². The summed E-state index contributed by atoms with van der Waals surface area (Å²) in [6.45, 7) is 10.5. The zero-order valence-corrected chi connectivity index (χ0v) is 21.4. The van der Waals surface area contributed by atoms with Gasteiger partial charge in [-0.3, -0.25) is 0 Å². The molecule has 0 radical (unpaired) electrons. The Balaban J connectivity index is 1.86. The lowest BCUT2D eigenvalue weighted by atomic mass is 9.95. The maximum Gasteiger partial charge on any atom is 0.340 e. The largest absolute Gasteiger partial charge is 0.497 e. The lowest BCUT2D eigenvalue weighted by molar-refractivity contribution is -0.211. The smallest absolute Gasteiger partial charge is 0.340 e. The highest BCUT2D eigenvalue weighted by molar-refractivity contribution is 5.80. The molecule has 0 bridgehead atoms. The van der Waals surface area contributed by atoms with E-state index in [-0.39, 0.29) is 24.9 Å². The standard InChI is InChI=1S/C27H38O8/c1-7-22-23(9-8-16-31-22)35-27(4,25(28)30-6)24(15-14-21-18-33-26(2,3)34-21)32-17-19-10-12-20(29-5)13-11-19/h7,10-15,21-24H,1,8-9,16-18H2,2-6H3/b15-14+/t21-,22+,23-,24+,27+/m0/s1. The Bertz CT molecular complexity index is 864. The van der Waals surface area contributed by atoms with Crippen LogP contribution in [0.3, 0.4) is 0 Å². The van der Waals surface area contributed by atoms with Crippen LogP contribution in [0, 0.1) is 0 Å². The number of benzene rings is 1. The van der Waals surface area contributed by atoms with Gasteiger partial charge in [0.15, 0.2) is 11.4 Å².